The number of hydrogen-bond acceptors (Lipinski definition) is 2. The van der Waals surface area contributed by atoms with Crippen molar-refractivity contribution in [2.45, 2.75) is 37.5 Å². The van der Waals surface area contributed by atoms with E-state index in [-0.39, 0.29) is 11.5 Å². The van der Waals surface area contributed by atoms with Crippen molar-refractivity contribution in [1.82, 2.24) is 4.90 Å². The first kappa shape index (κ1) is 12.4. The lowest BCUT2D eigenvalue weighted by Crippen LogP contribution is -2.47. The largest absolute Gasteiger partial charge is 0.465 e. The Morgan fingerprint density at radius 2 is 2.21 bits per heavy atom. The summed E-state index contributed by atoms with van der Waals surface area (Å²) in [6.45, 7) is 1.90. The number of rotatable bonds is 2. The standard InChI is InChI=1S/C14H16FNO3/c1-14-6-9(7-14)11(16(14)13(18)19)12(17)8-3-2-4-10(15)5-8/h2-5,9,11-12,17H,6-7H2,1H3,(H,18,19)/t9?,11-,12+,14?/m1/s1. The number of aliphatic hydroxyl groups excluding tert-OH is 1. The Morgan fingerprint density at radius 3 is 2.79 bits per heavy atom. The summed E-state index contributed by atoms with van der Waals surface area (Å²) in [6, 6.07) is 5.26. The van der Waals surface area contributed by atoms with E-state index in [2.05, 4.69) is 0 Å². The van der Waals surface area contributed by atoms with Gasteiger partial charge in [0.15, 0.2) is 0 Å². The van der Waals surface area contributed by atoms with Gasteiger partial charge in [0.25, 0.3) is 0 Å². The lowest BCUT2D eigenvalue weighted by atomic mass is 9.72. The van der Waals surface area contributed by atoms with E-state index in [9.17, 15) is 19.4 Å². The molecule has 0 radical (unpaired) electrons. The molecule has 1 aromatic rings. The van der Waals surface area contributed by atoms with Crippen molar-refractivity contribution in [2.24, 2.45) is 5.92 Å². The molecule has 2 aliphatic heterocycles. The van der Waals surface area contributed by atoms with Gasteiger partial charge in [-0.15, -0.1) is 0 Å². The van der Waals surface area contributed by atoms with Crippen molar-refractivity contribution in [1.29, 1.82) is 0 Å². The van der Waals surface area contributed by atoms with Crippen LogP contribution in [0.25, 0.3) is 0 Å². The second kappa shape index (κ2) is 3.93. The zero-order valence-corrected chi connectivity index (χ0v) is 10.6. The maximum atomic E-state index is 13.2. The van der Waals surface area contributed by atoms with Crippen LogP contribution in [0.1, 0.15) is 31.4 Å². The van der Waals surface area contributed by atoms with Crippen LogP contribution in [-0.4, -0.2) is 32.8 Å². The van der Waals surface area contributed by atoms with Crippen LogP contribution >= 0.6 is 0 Å². The van der Waals surface area contributed by atoms with Gasteiger partial charge in [0.2, 0.25) is 0 Å². The fourth-order valence-electron chi connectivity index (χ4n) is 3.72. The molecule has 0 aromatic heterocycles. The molecule has 0 spiro atoms. The Balaban J connectivity index is 1.92. The van der Waals surface area contributed by atoms with Crippen LogP contribution in [0.4, 0.5) is 9.18 Å². The number of halogens is 1. The Bertz CT molecular complexity index is 527. The summed E-state index contributed by atoms with van der Waals surface area (Å²) in [4.78, 5) is 12.8. The van der Waals surface area contributed by atoms with Crippen LogP contribution in [0, 0.1) is 11.7 Å². The molecule has 5 heteroatoms. The van der Waals surface area contributed by atoms with Gasteiger partial charge in [-0.25, -0.2) is 9.18 Å². The van der Waals surface area contributed by atoms with Gasteiger partial charge in [0.05, 0.1) is 12.1 Å². The molecule has 2 N–H and O–H groups in total. The molecule has 2 saturated heterocycles. The quantitative estimate of drug-likeness (QED) is 0.863. The van der Waals surface area contributed by atoms with Crippen LogP contribution in [-0.2, 0) is 0 Å². The Morgan fingerprint density at radius 1 is 1.53 bits per heavy atom. The van der Waals surface area contributed by atoms with E-state index in [1.807, 2.05) is 6.92 Å². The molecule has 3 aliphatic rings. The van der Waals surface area contributed by atoms with Crippen molar-refractivity contribution in [3.05, 3.63) is 35.6 Å². The highest BCUT2D eigenvalue weighted by Gasteiger charge is 2.62. The van der Waals surface area contributed by atoms with E-state index in [1.54, 1.807) is 6.07 Å². The first-order chi connectivity index (χ1) is 8.92. The van der Waals surface area contributed by atoms with Crippen molar-refractivity contribution >= 4 is 6.09 Å². The van der Waals surface area contributed by atoms with E-state index < -0.39 is 24.1 Å². The average Bonchev–Trinajstić information content (AvgIpc) is 2.76. The summed E-state index contributed by atoms with van der Waals surface area (Å²) in [6.07, 6.45) is -0.434. The number of amides is 1. The molecule has 19 heavy (non-hydrogen) atoms. The highest BCUT2D eigenvalue weighted by atomic mass is 19.1. The number of hydrogen-bond donors (Lipinski definition) is 2. The molecule has 4 nitrogen and oxygen atoms in total. The second-order valence-corrected chi connectivity index (χ2v) is 5.81. The van der Waals surface area contributed by atoms with Gasteiger partial charge in [0.1, 0.15) is 5.82 Å². The van der Waals surface area contributed by atoms with Crippen LogP contribution in [0.15, 0.2) is 24.3 Å². The summed E-state index contributed by atoms with van der Waals surface area (Å²) in [5.41, 5.74) is 0.0718. The first-order valence-corrected chi connectivity index (χ1v) is 6.38. The molecule has 1 aliphatic carbocycles. The van der Waals surface area contributed by atoms with E-state index in [0.29, 0.717) is 5.56 Å². The summed E-state index contributed by atoms with van der Waals surface area (Å²) in [5.74, 6) is -0.255. The molecule has 1 aromatic carbocycles. The van der Waals surface area contributed by atoms with Gasteiger partial charge in [-0.05, 0) is 43.4 Å². The highest BCUT2D eigenvalue weighted by molar-refractivity contribution is 5.68. The van der Waals surface area contributed by atoms with Gasteiger partial charge in [-0.3, -0.25) is 4.90 Å². The maximum absolute atomic E-state index is 13.2. The SMILES string of the molecule is CC12CC(C1)[C@H]([C@@H](O)c1cccc(F)c1)N2C(=O)O. The fraction of sp³-hybridized carbons (Fsp3) is 0.500. The molecule has 1 saturated carbocycles. The fourth-order valence-corrected chi connectivity index (χ4v) is 3.72. The number of nitrogens with zero attached hydrogens (tertiary/aromatic N) is 1. The van der Waals surface area contributed by atoms with E-state index >= 15 is 0 Å². The number of benzene rings is 1. The first-order valence-electron chi connectivity index (χ1n) is 6.38. The smallest absolute Gasteiger partial charge is 0.408 e. The topological polar surface area (TPSA) is 60.8 Å². The van der Waals surface area contributed by atoms with Crippen molar-refractivity contribution in [3.8, 4) is 0 Å². The second-order valence-electron chi connectivity index (χ2n) is 5.81. The zero-order chi connectivity index (χ0) is 13.8. The van der Waals surface area contributed by atoms with Crippen LogP contribution in [0.2, 0.25) is 0 Å². The molecule has 4 rings (SSSR count). The van der Waals surface area contributed by atoms with Gasteiger partial charge < -0.3 is 10.2 Å². The minimum atomic E-state index is -1.01. The van der Waals surface area contributed by atoms with Gasteiger partial charge in [0, 0.05) is 5.54 Å². The molecule has 2 atom stereocenters. The molecule has 102 valence electrons. The third-order valence-electron chi connectivity index (χ3n) is 4.49. The number of fused-ring (bicyclic) bond motifs is 1. The minimum Gasteiger partial charge on any atom is -0.465 e. The number of carbonyl (C=O) groups is 1. The number of carboxylic acid groups (broad SMARTS) is 1. The molecular weight excluding hydrogens is 249 g/mol. The Hall–Kier alpha value is -1.62. The van der Waals surface area contributed by atoms with Gasteiger partial charge >= 0.3 is 6.09 Å². The summed E-state index contributed by atoms with van der Waals surface area (Å²) >= 11 is 0. The van der Waals surface area contributed by atoms with Crippen LogP contribution < -0.4 is 0 Å². The summed E-state index contributed by atoms with van der Waals surface area (Å²) in [7, 11) is 0. The highest BCUT2D eigenvalue weighted by Crippen LogP contribution is 2.57. The van der Waals surface area contributed by atoms with Gasteiger partial charge in [-0.2, -0.15) is 0 Å². The monoisotopic (exact) mass is 265 g/mol. The lowest BCUT2D eigenvalue weighted by molar-refractivity contribution is 0.0514. The minimum absolute atomic E-state index is 0.166. The molecule has 0 unspecified atom stereocenters. The van der Waals surface area contributed by atoms with E-state index in [4.69, 9.17) is 0 Å². The van der Waals surface area contributed by atoms with Crippen molar-refractivity contribution < 1.29 is 19.4 Å². The molecule has 2 heterocycles. The third kappa shape index (κ3) is 1.72. The molecule has 3 fully saturated rings. The Labute approximate surface area is 110 Å². The average molecular weight is 265 g/mol. The van der Waals surface area contributed by atoms with E-state index in [0.717, 1.165) is 12.8 Å². The summed E-state index contributed by atoms with van der Waals surface area (Å²) in [5, 5.41) is 19.7. The van der Waals surface area contributed by atoms with Crippen LogP contribution in [0.3, 0.4) is 0 Å². The normalized spacial score (nSPS) is 33.9. The predicted molar refractivity (Wildman–Crippen MR) is 66.1 cm³/mol. The van der Waals surface area contributed by atoms with Gasteiger partial charge in [-0.1, -0.05) is 12.1 Å². The summed E-state index contributed by atoms with van der Waals surface area (Å²) < 4.78 is 13.2. The van der Waals surface area contributed by atoms with Crippen molar-refractivity contribution in [3.63, 3.8) is 0 Å². The Kier molecular flexibility index (Phi) is 2.57. The lowest BCUT2D eigenvalue weighted by Gasteiger charge is -2.37. The molecule has 1 amide bonds. The zero-order valence-electron chi connectivity index (χ0n) is 10.6. The van der Waals surface area contributed by atoms with Crippen molar-refractivity contribution in [2.75, 3.05) is 0 Å². The predicted octanol–water partition coefficient (Wildman–Crippen LogP) is 2.39. The molecular formula is C14H16FNO3. The van der Waals surface area contributed by atoms with E-state index in [1.165, 1.54) is 23.1 Å². The maximum Gasteiger partial charge on any atom is 0.408 e. The molecule has 2 bridgehead atoms. The van der Waals surface area contributed by atoms with Crippen LogP contribution in [0.5, 0.6) is 0 Å². The third-order valence-corrected chi connectivity index (χ3v) is 4.49. The number of aliphatic hydroxyl groups is 1.